The van der Waals surface area contributed by atoms with E-state index >= 15 is 0 Å². The standard InChI is InChI=1S/C32H20N4O4S/c33-18-20(32(39)40)17-25-15-16-27(41-25)29-28-26(30(37)34-29)19-35(31(28)38)21-11-13-24(14-12-21)36(22-7-3-1-4-8-22)23-9-5-2-6-10-23/h1-17,19H,(H,34,37)(H,39,40)/b20-17+. The van der Waals surface area contributed by atoms with Crippen molar-refractivity contribution in [2.75, 3.05) is 9.80 Å². The SMILES string of the molecule is N#C/C(=C\c1ccc(C2=C3C(=O)N(c4ccc(N(c5ccccc5)c5ccccc5)cc4)C=C3C(=O)N2)s1)C(=O)O. The third-order valence-corrected chi connectivity index (χ3v) is 7.67. The number of hydrogen-bond acceptors (Lipinski definition) is 6. The summed E-state index contributed by atoms with van der Waals surface area (Å²) in [7, 11) is 0. The molecule has 3 heterocycles. The predicted octanol–water partition coefficient (Wildman–Crippen LogP) is 5.98. The summed E-state index contributed by atoms with van der Waals surface area (Å²) in [5.74, 6) is -2.07. The van der Waals surface area contributed by atoms with Gasteiger partial charge < -0.3 is 15.3 Å². The van der Waals surface area contributed by atoms with E-state index in [4.69, 9.17) is 10.4 Å². The molecule has 0 spiro atoms. The highest BCUT2D eigenvalue weighted by atomic mass is 32.1. The monoisotopic (exact) mass is 556 g/mol. The molecule has 0 unspecified atom stereocenters. The molecule has 41 heavy (non-hydrogen) atoms. The van der Waals surface area contributed by atoms with Crippen LogP contribution in [0.3, 0.4) is 0 Å². The normalized spacial score (nSPS) is 14.5. The lowest BCUT2D eigenvalue weighted by Gasteiger charge is -2.26. The number of fused-ring (bicyclic) bond motifs is 1. The summed E-state index contributed by atoms with van der Waals surface area (Å²) in [6.45, 7) is 0. The van der Waals surface area contributed by atoms with Gasteiger partial charge in [0.05, 0.1) is 21.7 Å². The number of para-hydroxylation sites is 2. The molecule has 6 rings (SSSR count). The summed E-state index contributed by atoms with van der Waals surface area (Å²) >= 11 is 1.18. The Kier molecular flexibility index (Phi) is 6.51. The number of nitriles is 1. The van der Waals surface area contributed by atoms with Crippen molar-refractivity contribution < 1.29 is 19.5 Å². The number of anilines is 4. The zero-order valence-electron chi connectivity index (χ0n) is 21.3. The number of carboxylic acid groups (broad SMARTS) is 1. The van der Waals surface area contributed by atoms with Crippen LogP contribution in [0.15, 0.2) is 120 Å². The number of amides is 2. The van der Waals surface area contributed by atoms with Crippen LogP contribution in [0.4, 0.5) is 22.7 Å². The van der Waals surface area contributed by atoms with E-state index in [-0.39, 0.29) is 17.1 Å². The molecule has 0 saturated heterocycles. The van der Waals surface area contributed by atoms with Crippen LogP contribution in [-0.4, -0.2) is 22.9 Å². The fraction of sp³-hybridized carbons (Fsp3) is 0. The average Bonchev–Trinajstić information content (AvgIpc) is 3.69. The largest absolute Gasteiger partial charge is 0.477 e. The Labute approximate surface area is 239 Å². The van der Waals surface area contributed by atoms with Crippen LogP contribution in [0.2, 0.25) is 0 Å². The van der Waals surface area contributed by atoms with Gasteiger partial charge in [0.1, 0.15) is 11.6 Å². The molecule has 0 aliphatic carbocycles. The van der Waals surface area contributed by atoms with Crippen molar-refractivity contribution >= 4 is 63.6 Å². The second-order valence-corrected chi connectivity index (χ2v) is 10.2. The number of carbonyl (C=O) groups excluding carboxylic acids is 2. The van der Waals surface area contributed by atoms with Gasteiger partial charge in [-0.15, -0.1) is 11.3 Å². The maximum Gasteiger partial charge on any atom is 0.346 e. The number of benzene rings is 3. The van der Waals surface area contributed by atoms with Gasteiger partial charge in [-0.25, -0.2) is 4.79 Å². The summed E-state index contributed by atoms with van der Waals surface area (Å²) in [5.41, 5.74) is 3.96. The first-order chi connectivity index (χ1) is 19.9. The summed E-state index contributed by atoms with van der Waals surface area (Å²) in [6.07, 6.45) is 2.79. The fourth-order valence-electron chi connectivity index (χ4n) is 4.73. The maximum absolute atomic E-state index is 13.6. The Morgan fingerprint density at radius 3 is 2.07 bits per heavy atom. The number of hydrogen-bond donors (Lipinski definition) is 2. The molecule has 1 aromatic heterocycles. The predicted molar refractivity (Wildman–Crippen MR) is 157 cm³/mol. The van der Waals surface area contributed by atoms with Crippen molar-refractivity contribution in [2.45, 2.75) is 0 Å². The Morgan fingerprint density at radius 2 is 1.49 bits per heavy atom. The Balaban J connectivity index is 1.31. The number of carbonyl (C=O) groups is 3. The van der Waals surface area contributed by atoms with Gasteiger partial charge >= 0.3 is 5.97 Å². The number of nitrogens with zero attached hydrogens (tertiary/aromatic N) is 3. The molecule has 0 bridgehead atoms. The second-order valence-electron chi connectivity index (χ2n) is 9.12. The fourth-order valence-corrected chi connectivity index (χ4v) is 5.69. The number of carboxylic acids is 1. The van der Waals surface area contributed by atoms with Crippen molar-refractivity contribution in [1.82, 2.24) is 5.32 Å². The van der Waals surface area contributed by atoms with Crippen LogP contribution >= 0.6 is 11.3 Å². The quantitative estimate of drug-likeness (QED) is 0.214. The number of nitrogens with one attached hydrogen (secondary N) is 1. The molecule has 2 aliphatic rings. The van der Waals surface area contributed by atoms with Gasteiger partial charge in [0, 0.05) is 33.8 Å². The minimum Gasteiger partial charge on any atom is -0.477 e. The second kappa shape index (κ2) is 10.4. The summed E-state index contributed by atoms with van der Waals surface area (Å²) in [5, 5.41) is 20.9. The minimum absolute atomic E-state index is 0.255. The summed E-state index contributed by atoms with van der Waals surface area (Å²) in [4.78, 5) is 42.2. The van der Waals surface area contributed by atoms with Gasteiger partial charge in [-0.05, 0) is 66.7 Å². The first-order valence-electron chi connectivity index (χ1n) is 12.5. The lowest BCUT2D eigenvalue weighted by molar-refractivity contribution is -0.132. The van der Waals surface area contributed by atoms with Crippen LogP contribution < -0.4 is 15.1 Å². The van der Waals surface area contributed by atoms with Crippen LogP contribution in [-0.2, 0) is 14.4 Å². The number of rotatable bonds is 7. The van der Waals surface area contributed by atoms with Gasteiger partial charge in [0.25, 0.3) is 11.8 Å². The minimum atomic E-state index is -1.33. The first-order valence-corrected chi connectivity index (χ1v) is 13.3. The Bertz CT molecular complexity index is 1790. The Hall–Kier alpha value is -5.72. The third-order valence-electron chi connectivity index (χ3n) is 6.62. The summed E-state index contributed by atoms with van der Waals surface area (Å²) in [6, 6.07) is 32.4. The van der Waals surface area contributed by atoms with E-state index in [0.717, 1.165) is 17.1 Å². The van der Waals surface area contributed by atoms with E-state index in [1.165, 1.54) is 28.5 Å². The van der Waals surface area contributed by atoms with Crippen molar-refractivity contribution in [2.24, 2.45) is 0 Å². The highest BCUT2D eigenvalue weighted by Gasteiger charge is 2.41. The van der Waals surface area contributed by atoms with Crippen molar-refractivity contribution in [3.05, 3.63) is 130 Å². The summed E-state index contributed by atoms with van der Waals surface area (Å²) < 4.78 is 0. The molecule has 198 valence electrons. The van der Waals surface area contributed by atoms with Crippen LogP contribution in [0.5, 0.6) is 0 Å². The Morgan fingerprint density at radius 1 is 0.878 bits per heavy atom. The molecule has 2 amide bonds. The maximum atomic E-state index is 13.6. The highest BCUT2D eigenvalue weighted by molar-refractivity contribution is 7.14. The molecule has 9 heteroatoms. The van der Waals surface area contributed by atoms with E-state index in [0.29, 0.717) is 21.1 Å². The number of aliphatic carboxylic acids is 1. The van der Waals surface area contributed by atoms with Crippen molar-refractivity contribution in [1.29, 1.82) is 5.26 Å². The zero-order valence-corrected chi connectivity index (χ0v) is 22.1. The molecule has 8 nitrogen and oxygen atoms in total. The first kappa shape index (κ1) is 25.6. The van der Waals surface area contributed by atoms with Gasteiger partial charge in [-0.3, -0.25) is 14.5 Å². The van der Waals surface area contributed by atoms with Gasteiger partial charge in [0.2, 0.25) is 0 Å². The van der Waals surface area contributed by atoms with E-state index < -0.39 is 17.4 Å². The molecule has 0 saturated carbocycles. The zero-order chi connectivity index (χ0) is 28.5. The van der Waals surface area contributed by atoms with E-state index in [9.17, 15) is 14.4 Å². The van der Waals surface area contributed by atoms with Gasteiger partial charge in [0.15, 0.2) is 0 Å². The molecule has 2 aliphatic heterocycles. The van der Waals surface area contributed by atoms with Gasteiger partial charge in [-0.1, -0.05) is 36.4 Å². The van der Waals surface area contributed by atoms with Crippen LogP contribution in [0.25, 0.3) is 11.8 Å². The topological polar surface area (TPSA) is 114 Å². The molecule has 3 aromatic carbocycles. The van der Waals surface area contributed by atoms with Crippen molar-refractivity contribution in [3.8, 4) is 6.07 Å². The smallest absolute Gasteiger partial charge is 0.346 e. The lowest BCUT2D eigenvalue weighted by atomic mass is 10.1. The third kappa shape index (κ3) is 4.69. The van der Waals surface area contributed by atoms with E-state index in [1.807, 2.05) is 84.9 Å². The van der Waals surface area contributed by atoms with Gasteiger partial charge in [-0.2, -0.15) is 5.26 Å². The molecule has 0 fully saturated rings. The average molecular weight is 557 g/mol. The highest BCUT2D eigenvalue weighted by Crippen LogP contribution is 2.40. The van der Waals surface area contributed by atoms with E-state index in [2.05, 4.69) is 10.2 Å². The molecular formula is C32H20N4O4S. The molecule has 4 aromatic rings. The van der Waals surface area contributed by atoms with E-state index in [1.54, 1.807) is 18.2 Å². The molecular weight excluding hydrogens is 536 g/mol. The molecule has 0 atom stereocenters. The lowest BCUT2D eigenvalue weighted by Crippen LogP contribution is -2.23. The van der Waals surface area contributed by atoms with Crippen LogP contribution in [0, 0.1) is 11.3 Å². The number of thiophene rings is 1. The van der Waals surface area contributed by atoms with Crippen molar-refractivity contribution in [3.63, 3.8) is 0 Å². The molecule has 0 radical (unpaired) electrons. The van der Waals surface area contributed by atoms with Crippen LogP contribution in [0.1, 0.15) is 9.75 Å². The molecule has 2 N–H and O–H groups in total.